The van der Waals surface area contributed by atoms with Crippen LogP contribution in [0, 0.1) is 10.1 Å². The molecule has 2 amide bonds. The maximum absolute atomic E-state index is 12.6. The summed E-state index contributed by atoms with van der Waals surface area (Å²) in [7, 11) is 0. The second kappa shape index (κ2) is 5.75. The van der Waals surface area contributed by atoms with Crippen LogP contribution in [0.2, 0.25) is 0 Å². The summed E-state index contributed by atoms with van der Waals surface area (Å²) in [5.74, 6) is -0.856. The van der Waals surface area contributed by atoms with Gasteiger partial charge in [-0.2, -0.15) is 0 Å². The lowest BCUT2D eigenvalue weighted by molar-refractivity contribution is -0.384. The van der Waals surface area contributed by atoms with E-state index in [2.05, 4.69) is 23.3 Å². The van der Waals surface area contributed by atoms with Crippen molar-refractivity contribution in [3.05, 3.63) is 61.3 Å². The van der Waals surface area contributed by atoms with Crippen LogP contribution >= 0.6 is 11.3 Å². The molecule has 3 heterocycles. The van der Waals surface area contributed by atoms with Gasteiger partial charge in [-0.05, 0) is 36.4 Å². The molecule has 1 atom stereocenters. The monoisotopic (exact) mass is 357 g/mol. The third-order valence-electron chi connectivity index (χ3n) is 4.89. The van der Waals surface area contributed by atoms with Gasteiger partial charge in [0.25, 0.3) is 17.5 Å². The molecule has 4 rings (SSSR count). The second-order valence-electron chi connectivity index (χ2n) is 6.20. The number of carbonyl (C=O) groups excluding carboxylic acids is 2. The molecule has 2 aliphatic heterocycles. The Hall–Kier alpha value is -2.58. The Kier molecular flexibility index (Phi) is 3.66. The summed E-state index contributed by atoms with van der Waals surface area (Å²) in [6, 6.07) is 6.02. The largest absolute Gasteiger partial charge is 0.278 e. The van der Waals surface area contributed by atoms with Gasteiger partial charge in [-0.25, -0.2) is 0 Å². The molecule has 0 saturated heterocycles. The zero-order chi connectivity index (χ0) is 17.7. The van der Waals surface area contributed by atoms with Crippen molar-refractivity contribution in [2.45, 2.75) is 19.4 Å². The van der Waals surface area contributed by atoms with Crippen molar-refractivity contribution in [1.29, 1.82) is 0 Å². The van der Waals surface area contributed by atoms with Gasteiger partial charge in [0.05, 0.1) is 22.7 Å². The fraction of sp³-hybridized carbons (Fsp3) is 0.294. The van der Waals surface area contributed by atoms with Crippen LogP contribution in [0.4, 0.5) is 5.69 Å². The minimum absolute atomic E-state index is 0.111. The number of amides is 2. The molecule has 0 aliphatic carbocycles. The summed E-state index contributed by atoms with van der Waals surface area (Å²) in [5.41, 5.74) is 1.40. The Bertz CT molecular complexity index is 907. The van der Waals surface area contributed by atoms with E-state index in [9.17, 15) is 19.7 Å². The third kappa shape index (κ3) is 2.45. The van der Waals surface area contributed by atoms with Gasteiger partial charge in [0, 0.05) is 29.6 Å². The highest BCUT2D eigenvalue weighted by Gasteiger charge is 2.39. The molecule has 1 aromatic heterocycles. The normalized spacial score (nSPS) is 19.9. The zero-order valence-corrected chi connectivity index (χ0v) is 14.3. The molecule has 128 valence electrons. The van der Waals surface area contributed by atoms with Crippen LogP contribution in [0.1, 0.15) is 44.1 Å². The molecule has 0 fully saturated rings. The first-order valence-electron chi connectivity index (χ1n) is 7.92. The lowest BCUT2D eigenvalue weighted by Crippen LogP contribution is -2.44. The van der Waals surface area contributed by atoms with Gasteiger partial charge in [0.15, 0.2) is 0 Å². The van der Waals surface area contributed by atoms with E-state index in [1.165, 1.54) is 33.5 Å². The van der Waals surface area contributed by atoms with E-state index in [1.54, 1.807) is 11.3 Å². The molecule has 25 heavy (non-hydrogen) atoms. The molecule has 0 radical (unpaired) electrons. The molecule has 0 saturated carbocycles. The molecule has 7 nitrogen and oxygen atoms in total. The van der Waals surface area contributed by atoms with Crippen molar-refractivity contribution in [3.8, 4) is 0 Å². The summed E-state index contributed by atoms with van der Waals surface area (Å²) < 4.78 is 0. The predicted octanol–water partition coefficient (Wildman–Crippen LogP) is 2.83. The topological polar surface area (TPSA) is 83.8 Å². The van der Waals surface area contributed by atoms with Crippen molar-refractivity contribution < 1.29 is 14.5 Å². The molecular weight excluding hydrogens is 342 g/mol. The lowest BCUT2D eigenvalue weighted by atomic mass is 10.0. The summed E-state index contributed by atoms with van der Waals surface area (Å²) in [6.45, 7) is 3.02. The zero-order valence-electron chi connectivity index (χ0n) is 13.5. The fourth-order valence-electron chi connectivity index (χ4n) is 3.46. The van der Waals surface area contributed by atoms with Crippen LogP contribution in [-0.2, 0) is 6.42 Å². The number of benzene rings is 1. The standard InChI is InChI=1S/C17H15N3O4S/c1-10-12-5-7-25-15(12)4-6-18(10)9-19-16(21)13-3-2-11(20(23)24)8-14(13)17(19)22/h2-3,5,7-8,10H,4,6,9H2,1H3/t10-/m0/s1. The highest BCUT2D eigenvalue weighted by atomic mass is 32.1. The smallest absolute Gasteiger partial charge is 0.270 e. The number of fused-ring (bicyclic) bond motifs is 2. The quantitative estimate of drug-likeness (QED) is 0.479. The minimum atomic E-state index is -0.564. The molecule has 0 N–H and O–H groups in total. The van der Waals surface area contributed by atoms with E-state index >= 15 is 0 Å². The molecule has 0 unspecified atom stereocenters. The van der Waals surface area contributed by atoms with E-state index < -0.39 is 16.7 Å². The van der Waals surface area contributed by atoms with Crippen molar-refractivity contribution in [3.63, 3.8) is 0 Å². The molecule has 2 aromatic rings. The van der Waals surface area contributed by atoms with Crippen LogP contribution in [0.3, 0.4) is 0 Å². The van der Waals surface area contributed by atoms with Gasteiger partial charge >= 0.3 is 0 Å². The molecule has 2 aliphatic rings. The highest BCUT2D eigenvalue weighted by Crippen LogP contribution is 2.34. The number of nitrogens with zero attached hydrogens (tertiary/aromatic N) is 3. The van der Waals surface area contributed by atoms with Gasteiger partial charge < -0.3 is 0 Å². The molecule has 8 heteroatoms. The molecular formula is C17H15N3O4S. The Labute approximate surface area is 147 Å². The maximum Gasteiger partial charge on any atom is 0.270 e. The van der Waals surface area contributed by atoms with Crippen LogP contribution in [-0.4, -0.2) is 39.8 Å². The number of rotatable bonds is 3. The van der Waals surface area contributed by atoms with Gasteiger partial charge in [-0.15, -0.1) is 11.3 Å². The van der Waals surface area contributed by atoms with E-state index in [1.807, 2.05) is 0 Å². The summed E-state index contributed by atoms with van der Waals surface area (Å²) in [5, 5.41) is 13.0. The Balaban J connectivity index is 1.59. The Morgan fingerprint density at radius 2 is 2.00 bits per heavy atom. The number of thiophene rings is 1. The predicted molar refractivity (Wildman–Crippen MR) is 91.6 cm³/mol. The van der Waals surface area contributed by atoms with E-state index in [-0.39, 0.29) is 29.5 Å². The first-order valence-corrected chi connectivity index (χ1v) is 8.80. The number of hydrogen-bond donors (Lipinski definition) is 0. The molecule has 1 aromatic carbocycles. The maximum atomic E-state index is 12.6. The average molecular weight is 357 g/mol. The molecule has 0 bridgehead atoms. The van der Waals surface area contributed by atoms with Gasteiger partial charge in [0.2, 0.25) is 0 Å². The summed E-state index contributed by atoms with van der Waals surface area (Å²) in [4.78, 5) is 40.2. The number of non-ortho nitro benzene ring substituents is 1. The lowest BCUT2D eigenvalue weighted by Gasteiger charge is -2.35. The van der Waals surface area contributed by atoms with Crippen LogP contribution in [0.25, 0.3) is 0 Å². The average Bonchev–Trinajstić information content (AvgIpc) is 3.16. The second-order valence-corrected chi connectivity index (χ2v) is 7.20. The molecule has 0 spiro atoms. The Morgan fingerprint density at radius 3 is 2.76 bits per heavy atom. The number of imide groups is 1. The highest BCUT2D eigenvalue weighted by molar-refractivity contribution is 7.10. The van der Waals surface area contributed by atoms with Crippen LogP contribution < -0.4 is 0 Å². The third-order valence-corrected chi connectivity index (χ3v) is 5.89. The minimum Gasteiger partial charge on any atom is -0.278 e. The van der Waals surface area contributed by atoms with Gasteiger partial charge in [-0.1, -0.05) is 0 Å². The van der Waals surface area contributed by atoms with Gasteiger partial charge in [0.1, 0.15) is 0 Å². The van der Waals surface area contributed by atoms with E-state index in [0.717, 1.165) is 13.0 Å². The van der Waals surface area contributed by atoms with Crippen LogP contribution in [0.15, 0.2) is 29.6 Å². The number of hydrogen-bond acceptors (Lipinski definition) is 6. The fourth-order valence-corrected chi connectivity index (χ4v) is 4.42. The van der Waals surface area contributed by atoms with Crippen molar-refractivity contribution in [2.75, 3.05) is 13.2 Å². The first-order chi connectivity index (χ1) is 12.0. The van der Waals surface area contributed by atoms with Crippen molar-refractivity contribution in [1.82, 2.24) is 9.80 Å². The summed E-state index contributed by atoms with van der Waals surface area (Å²) in [6.07, 6.45) is 0.895. The number of nitro groups is 1. The summed E-state index contributed by atoms with van der Waals surface area (Å²) >= 11 is 1.73. The Morgan fingerprint density at radius 1 is 1.24 bits per heavy atom. The SMILES string of the molecule is C[C@H]1c2ccsc2CCN1CN1C(=O)c2ccc([N+](=O)[O-])cc2C1=O. The van der Waals surface area contributed by atoms with Gasteiger partial charge in [-0.3, -0.25) is 29.5 Å². The van der Waals surface area contributed by atoms with E-state index in [4.69, 9.17) is 0 Å². The first kappa shape index (κ1) is 15.9. The van der Waals surface area contributed by atoms with E-state index in [0.29, 0.717) is 0 Å². The van der Waals surface area contributed by atoms with Crippen LogP contribution in [0.5, 0.6) is 0 Å². The number of nitro benzene ring substituents is 1. The number of carbonyl (C=O) groups is 2. The van der Waals surface area contributed by atoms with Crippen molar-refractivity contribution in [2.24, 2.45) is 0 Å². The van der Waals surface area contributed by atoms with Crippen molar-refractivity contribution >= 4 is 28.8 Å².